The van der Waals surface area contributed by atoms with Crippen LogP contribution in [0.1, 0.15) is 20.8 Å². The first-order valence-corrected chi connectivity index (χ1v) is 7.86. The van der Waals surface area contributed by atoms with Crippen molar-refractivity contribution in [3.8, 4) is 0 Å². The molecule has 0 aliphatic rings. The highest BCUT2D eigenvalue weighted by Gasteiger charge is 2.30. The summed E-state index contributed by atoms with van der Waals surface area (Å²) >= 11 is 0. The zero-order chi connectivity index (χ0) is 15.0. The molecule has 0 aliphatic heterocycles. The summed E-state index contributed by atoms with van der Waals surface area (Å²) < 4.78 is 27.8. The van der Waals surface area contributed by atoms with Crippen LogP contribution in [0.25, 0.3) is 10.9 Å². The van der Waals surface area contributed by atoms with Crippen LogP contribution in [0.3, 0.4) is 0 Å². The summed E-state index contributed by atoms with van der Waals surface area (Å²) in [6.07, 6.45) is 1.64. The highest BCUT2D eigenvalue weighted by atomic mass is 32.2. The summed E-state index contributed by atoms with van der Waals surface area (Å²) in [5.74, 6) is 0. The second kappa shape index (κ2) is 5.12. The van der Waals surface area contributed by atoms with Gasteiger partial charge < -0.3 is 5.73 Å². The van der Waals surface area contributed by atoms with Gasteiger partial charge in [-0.3, -0.25) is 4.98 Å². The minimum Gasteiger partial charge on any atom is -0.326 e. The first-order chi connectivity index (χ1) is 9.24. The first-order valence-electron chi connectivity index (χ1n) is 6.37. The van der Waals surface area contributed by atoms with E-state index >= 15 is 0 Å². The van der Waals surface area contributed by atoms with Gasteiger partial charge in [0.15, 0.2) is 0 Å². The number of benzene rings is 1. The molecule has 0 amide bonds. The standard InChI is InChI=1S/C14H19N3O2S/c1-10(15)14(2,3)17-20(18,19)13-8-4-7-12-11(13)6-5-9-16-12/h4-10,17H,15H2,1-3H3. The van der Waals surface area contributed by atoms with Gasteiger partial charge >= 0.3 is 0 Å². The highest BCUT2D eigenvalue weighted by molar-refractivity contribution is 7.89. The van der Waals surface area contributed by atoms with Gasteiger partial charge in [0.25, 0.3) is 0 Å². The molecule has 1 aromatic carbocycles. The molecule has 1 atom stereocenters. The Bertz CT molecular complexity index is 719. The molecule has 0 saturated carbocycles. The van der Waals surface area contributed by atoms with Crippen LogP contribution >= 0.6 is 0 Å². The summed E-state index contributed by atoms with van der Waals surface area (Å²) in [5.41, 5.74) is 5.74. The maximum Gasteiger partial charge on any atom is 0.241 e. The van der Waals surface area contributed by atoms with Crippen LogP contribution < -0.4 is 10.5 Å². The molecule has 0 radical (unpaired) electrons. The number of hydrogen-bond acceptors (Lipinski definition) is 4. The summed E-state index contributed by atoms with van der Waals surface area (Å²) in [7, 11) is -3.66. The normalized spacial score (nSPS) is 14.4. The number of aromatic nitrogens is 1. The van der Waals surface area contributed by atoms with Crippen LogP contribution in [0, 0.1) is 0 Å². The zero-order valence-electron chi connectivity index (χ0n) is 11.8. The van der Waals surface area contributed by atoms with Crippen LogP contribution in [0.4, 0.5) is 0 Å². The van der Waals surface area contributed by atoms with Gasteiger partial charge in [-0.05, 0) is 45.0 Å². The van der Waals surface area contributed by atoms with Crippen LogP contribution in [-0.2, 0) is 10.0 Å². The lowest BCUT2D eigenvalue weighted by Gasteiger charge is -2.30. The smallest absolute Gasteiger partial charge is 0.241 e. The molecule has 2 aromatic rings. The van der Waals surface area contributed by atoms with Crippen molar-refractivity contribution in [3.05, 3.63) is 36.5 Å². The van der Waals surface area contributed by atoms with Crippen molar-refractivity contribution >= 4 is 20.9 Å². The molecule has 0 fully saturated rings. The summed E-state index contributed by atoms with van der Waals surface area (Å²) in [5, 5.41) is 0.600. The molecule has 0 spiro atoms. The lowest BCUT2D eigenvalue weighted by molar-refractivity contribution is 0.388. The minimum atomic E-state index is -3.66. The average Bonchev–Trinajstić information content (AvgIpc) is 2.36. The molecule has 20 heavy (non-hydrogen) atoms. The van der Waals surface area contributed by atoms with E-state index in [1.807, 2.05) is 0 Å². The third kappa shape index (κ3) is 2.82. The number of nitrogens with zero attached hydrogens (tertiary/aromatic N) is 1. The van der Waals surface area contributed by atoms with E-state index in [9.17, 15) is 8.42 Å². The van der Waals surface area contributed by atoms with E-state index in [1.54, 1.807) is 57.3 Å². The fraction of sp³-hybridized carbons (Fsp3) is 0.357. The van der Waals surface area contributed by atoms with Crippen LogP contribution in [0.5, 0.6) is 0 Å². The molecule has 6 heteroatoms. The molecule has 0 saturated heterocycles. The molecule has 0 aliphatic carbocycles. The Balaban J connectivity index is 2.53. The largest absolute Gasteiger partial charge is 0.326 e. The van der Waals surface area contributed by atoms with Gasteiger partial charge in [0.05, 0.1) is 10.4 Å². The summed E-state index contributed by atoms with van der Waals surface area (Å²) in [4.78, 5) is 4.39. The molecular formula is C14H19N3O2S. The molecule has 5 nitrogen and oxygen atoms in total. The van der Waals surface area contributed by atoms with Crippen LogP contribution in [-0.4, -0.2) is 25.0 Å². The molecular weight excluding hydrogens is 274 g/mol. The van der Waals surface area contributed by atoms with Crippen molar-refractivity contribution in [1.29, 1.82) is 0 Å². The molecule has 0 bridgehead atoms. The van der Waals surface area contributed by atoms with Crippen molar-refractivity contribution in [2.75, 3.05) is 0 Å². The van der Waals surface area contributed by atoms with Gasteiger partial charge in [0.1, 0.15) is 0 Å². The SMILES string of the molecule is CC(N)C(C)(C)NS(=O)(=O)c1cccc2ncccc12. The Morgan fingerprint density at radius 2 is 1.95 bits per heavy atom. The Morgan fingerprint density at radius 3 is 2.60 bits per heavy atom. The maximum absolute atomic E-state index is 12.6. The zero-order valence-corrected chi connectivity index (χ0v) is 12.6. The number of fused-ring (bicyclic) bond motifs is 1. The van der Waals surface area contributed by atoms with Crippen LogP contribution in [0.15, 0.2) is 41.4 Å². The van der Waals surface area contributed by atoms with Crippen LogP contribution in [0.2, 0.25) is 0 Å². The molecule has 108 valence electrons. The monoisotopic (exact) mass is 293 g/mol. The fourth-order valence-corrected chi connectivity index (χ4v) is 3.51. The average molecular weight is 293 g/mol. The maximum atomic E-state index is 12.6. The van der Waals surface area contributed by atoms with Crippen molar-refractivity contribution in [3.63, 3.8) is 0 Å². The van der Waals surface area contributed by atoms with Gasteiger partial charge in [0, 0.05) is 23.2 Å². The molecule has 1 unspecified atom stereocenters. The second-order valence-corrected chi connectivity index (χ2v) is 7.09. The Hall–Kier alpha value is -1.50. The number of nitrogens with one attached hydrogen (secondary N) is 1. The van der Waals surface area contributed by atoms with Gasteiger partial charge in [-0.2, -0.15) is 0 Å². The molecule has 1 aromatic heterocycles. The predicted octanol–water partition coefficient (Wildman–Crippen LogP) is 1.64. The third-order valence-electron chi connectivity index (χ3n) is 3.43. The molecule has 2 rings (SSSR count). The molecule has 3 N–H and O–H groups in total. The second-order valence-electron chi connectivity index (χ2n) is 5.44. The number of nitrogens with two attached hydrogens (primary N) is 1. The minimum absolute atomic E-state index is 0.219. The van der Waals surface area contributed by atoms with E-state index in [-0.39, 0.29) is 10.9 Å². The lowest BCUT2D eigenvalue weighted by Crippen LogP contribution is -2.54. The Morgan fingerprint density at radius 1 is 1.25 bits per heavy atom. The van der Waals surface area contributed by atoms with Crippen molar-refractivity contribution in [2.45, 2.75) is 37.2 Å². The van der Waals surface area contributed by atoms with E-state index in [4.69, 9.17) is 5.73 Å². The summed E-state index contributed by atoms with van der Waals surface area (Å²) in [6, 6.07) is 8.19. The predicted molar refractivity (Wildman–Crippen MR) is 79.8 cm³/mol. The van der Waals surface area contributed by atoms with E-state index in [1.165, 1.54) is 0 Å². The Labute approximate surface area is 119 Å². The van der Waals surface area contributed by atoms with E-state index in [0.717, 1.165) is 0 Å². The molecule has 1 heterocycles. The first kappa shape index (κ1) is 14.9. The number of sulfonamides is 1. The lowest BCUT2D eigenvalue weighted by atomic mass is 9.99. The third-order valence-corrected chi connectivity index (χ3v) is 5.16. The number of hydrogen-bond donors (Lipinski definition) is 2. The summed E-state index contributed by atoms with van der Waals surface area (Å²) in [6.45, 7) is 5.30. The van der Waals surface area contributed by atoms with Gasteiger partial charge in [-0.25, -0.2) is 13.1 Å². The fourth-order valence-electron chi connectivity index (χ4n) is 1.80. The number of pyridine rings is 1. The van der Waals surface area contributed by atoms with E-state index < -0.39 is 15.6 Å². The van der Waals surface area contributed by atoms with Crippen molar-refractivity contribution < 1.29 is 8.42 Å². The Kier molecular flexibility index (Phi) is 3.82. The van der Waals surface area contributed by atoms with Crippen molar-refractivity contribution in [2.24, 2.45) is 5.73 Å². The van der Waals surface area contributed by atoms with E-state index in [2.05, 4.69) is 9.71 Å². The quantitative estimate of drug-likeness (QED) is 0.897. The topological polar surface area (TPSA) is 85.1 Å². The number of rotatable bonds is 4. The van der Waals surface area contributed by atoms with Gasteiger partial charge in [-0.15, -0.1) is 0 Å². The van der Waals surface area contributed by atoms with E-state index in [0.29, 0.717) is 10.9 Å². The highest BCUT2D eigenvalue weighted by Crippen LogP contribution is 2.23. The van der Waals surface area contributed by atoms with Crippen molar-refractivity contribution in [1.82, 2.24) is 9.71 Å². The van der Waals surface area contributed by atoms with Gasteiger partial charge in [-0.1, -0.05) is 6.07 Å². The van der Waals surface area contributed by atoms with Gasteiger partial charge in [0.2, 0.25) is 10.0 Å².